The smallest absolute Gasteiger partial charge is 0.404 e. The second kappa shape index (κ2) is 8.81. The number of nitrogens with zero attached hydrogens (tertiary/aromatic N) is 2. The fraction of sp³-hybridized carbons (Fsp3) is 0.368. The topological polar surface area (TPSA) is 168 Å². The summed E-state index contributed by atoms with van der Waals surface area (Å²) in [6.07, 6.45) is -0.512. The monoisotopic (exact) mass is 431 g/mol. The van der Waals surface area contributed by atoms with Crippen LogP contribution in [-0.2, 0) is 14.3 Å². The molecule has 1 aromatic carbocycles. The molecule has 0 aliphatic carbocycles. The Kier molecular flexibility index (Phi) is 6.18. The van der Waals surface area contributed by atoms with Crippen LogP contribution in [0.2, 0.25) is 0 Å². The number of urea groups is 1. The first-order valence-corrected chi connectivity index (χ1v) is 9.49. The highest BCUT2D eigenvalue weighted by atomic mass is 16.5. The SMILES string of the molecule is CN(CCCOC(N)=O)C(=O)Nc1cccc2c1C(=O)N(C1CCC(=O)NC1=O)C2=O. The Bertz CT molecular complexity index is 976. The number of amides is 7. The van der Waals surface area contributed by atoms with E-state index < -0.39 is 41.8 Å². The van der Waals surface area contributed by atoms with Crippen molar-refractivity contribution in [2.75, 3.05) is 25.5 Å². The summed E-state index contributed by atoms with van der Waals surface area (Å²) in [5, 5.41) is 4.71. The standard InChI is InChI=1S/C19H21N5O7/c1-23(8-3-9-31-18(20)29)19(30)21-11-5-2-4-10-14(11)17(28)24(16(10)27)12-6-7-13(25)22-15(12)26/h2,4-5,12H,3,6-9H2,1H3,(H2,20,29)(H,21,30)(H,22,25,26). The van der Waals surface area contributed by atoms with Gasteiger partial charge in [-0.2, -0.15) is 0 Å². The van der Waals surface area contributed by atoms with Crippen molar-refractivity contribution < 1.29 is 33.5 Å². The summed E-state index contributed by atoms with van der Waals surface area (Å²) in [5.74, 6) is -2.56. The number of carbonyl (C=O) groups excluding carboxylic acids is 6. The van der Waals surface area contributed by atoms with Crippen LogP contribution in [0.25, 0.3) is 0 Å². The van der Waals surface area contributed by atoms with E-state index in [4.69, 9.17) is 5.73 Å². The third-order valence-corrected chi connectivity index (χ3v) is 4.94. The number of anilines is 1. The first kappa shape index (κ1) is 21.7. The van der Waals surface area contributed by atoms with Gasteiger partial charge in [0.25, 0.3) is 11.8 Å². The van der Waals surface area contributed by atoms with Crippen molar-refractivity contribution in [1.82, 2.24) is 15.1 Å². The van der Waals surface area contributed by atoms with Crippen LogP contribution < -0.4 is 16.4 Å². The molecule has 2 heterocycles. The molecule has 0 radical (unpaired) electrons. The molecule has 2 aliphatic heterocycles. The minimum absolute atomic E-state index is 0.0116. The van der Waals surface area contributed by atoms with E-state index in [1.807, 2.05) is 0 Å². The highest BCUT2D eigenvalue weighted by Crippen LogP contribution is 2.32. The number of ether oxygens (including phenoxy) is 1. The number of hydrogen-bond acceptors (Lipinski definition) is 7. The summed E-state index contributed by atoms with van der Waals surface area (Å²) in [4.78, 5) is 74.5. The third kappa shape index (κ3) is 4.47. The molecule has 0 saturated carbocycles. The molecule has 4 N–H and O–H groups in total. The number of nitrogens with two attached hydrogens (primary N) is 1. The van der Waals surface area contributed by atoms with Gasteiger partial charge in [-0.3, -0.25) is 29.4 Å². The zero-order valence-electron chi connectivity index (χ0n) is 16.7. The number of nitrogens with one attached hydrogen (secondary N) is 2. The third-order valence-electron chi connectivity index (χ3n) is 4.94. The van der Waals surface area contributed by atoms with Gasteiger partial charge in [0.2, 0.25) is 11.8 Å². The van der Waals surface area contributed by atoms with Gasteiger partial charge in [-0.15, -0.1) is 0 Å². The summed E-state index contributed by atoms with van der Waals surface area (Å²) >= 11 is 0. The average molecular weight is 431 g/mol. The Balaban J connectivity index is 1.73. The van der Waals surface area contributed by atoms with Crippen molar-refractivity contribution in [3.8, 4) is 0 Å². The first-order chi connectivity index (χ1) is 14.7. The molecule has 0 aromatic heterocycles. The van der Waals surface area contributed by atoms with Crippen molar-refractivity contribution in [1.29, 1.82) is 0 Å². The van der Waals surface area contributed by atoms with Crippen LogP contribution in [0.3, 0.4) is 0 Å². The van der Waals surface area contributed by atoms with Gasteiger partial charge in [0.1, 0.15) is 6.04 Å². The fourth-order valence-electron chi connectivity index (χ4n) is 3.41. The number of fused-ring (bicyclic) bond motifs is 1. The minimum Gasteiger partial charge on any atom is -0.450 e. The van der Waals surface area contributed by atoms with Gasteiger partial charge in [0, 0.05) is 20.0 Å². The molecule has 7 amide bonds. The van der Waals surface area contributed by atoms with E-state index in [-0.39, 0.29) is 42.8 Å². The number of hydrogen-bond donors (Lipinski definition) is 3. The van der Waals surface area contributed by atoms with Crippen molar-refractivity contribution in [2.24, 2.45) is 5.73 Å². The number of carbonyl (C=O) groups is 6. The lowest BCUT2D eigenvalue weighted by Gasteiger charge is -2.27. The van der Waals surface area contributed by atoms with Crippen LogP contribution in [0.4, 0.5) is 15.3 Å². The largest absolute Gasteiger partial charge is 0.450 e. The Hall–Kier alpha value is -3.96. The predicted octanol–water partition coefficient (Wildman–Crippen LogP) is 0.0369. The van der Waals surface area contributed by atoms with Crippen LogP contribution in [0, 0.1) is 0 Å². The molecule has 3 rings (SSSR count). The maximum absolute atomic E-state index is 13.0. The van der Waals surface area contributed by atoms with E-state index in [9.17, 15) is 28.8 Å². The lowest BCUT2D eigenvalue weighted by atomic mass is 10.0. The molecule has 2 aliphatic rings. The van der Waals surface area contributed by atoms with Crippen molar-refractivity contribution >= 4 is 41.4 Å². The summed E-state index contributed by atoms with van der Waals surface area (Å²) in [6.45, 7) is 0.283. The zero-order valence-corrected chi connectivity index (χ0v) is 16.7. The molecule has 1 atom stereocenters. The summed E-state index contributed by atoms with van der Waals surface area (Å²) in [7, 11) is 1.51. The molecule has 1 unspecified atom stereocenters. The molecule has 164 valence electrons. The second-order valence-corrected chi connectivity index (χ2v) is 7.05. The lowest BCUT2D eigenvalue weighted by molar-refractivity contribution is -0.136. The predicted molar refractivity (Wildman–Crippen MR) is 105 cm³/mol. The average Bonchev–Trinajstić information content (AvgIpc) is 2.96. The highest BCUT2D eigenvalue weighted by Gasteiger charge is 2.45. The maximum atomic E-state index is 13.0. The van der Waals surface area contributed by atoms with Crippen LogP contribution >= 0.6 is 0 Å². The fourth-order valence-corrected chi connectivity index (χ4v) is 3.41. The lowest BCUT2D eigenvalue weighted by Crippen LogP contribution is -2.54. The van der Waals surface area contributed by atoms with Crippen LogP contribution in [0.15, 0.2) is 18.2 Å². The summed E-state index contributed by atoms with van der Waals surface area (Å²) in [6, 6.07) is 2.77. The van der Waals surface area contributed by atoms with Gasteiger partial charge >= 0.3 is 12.1 Å². The van der Waals surface area contributed by atoms with Crippen LogP contribution in [0.1, 0.15) is 40.0 Å². The Morgan fingerprint density at radius 2 is 2.00 bits per heavy atom. The zero-order chi connectivity index (χ0) is 22.7. The molecule has 0 spiro atoms. The van der Waals surface area contributed by atoms with Gasteiger partial charge in [0.15, 0.2) is 0 Å². The normalized spacial score (nSPS) is 17.8. The van der Waals surface area contributed by atoms with E-state index >= 15 is 0 Å². The van der Waals surface area contributed by atoms with E-state index in [2.05, 4.69) is 15.4 Å². The number of benzene rings is 1. The molecule has 1 saturated heterocycles. The number of imide groups is 2. The second-order valence-electron chi connectivity index (χ2n) is 7.05. The van der Waals surface area contributed by atoms with Crippen molar-refractivity contribution in [3.05, 3.63) is 29.3 Å². The number of primary amides is 1. The van der Waals surface area contributed by atoms with Crippen molar-refractivity contribution in [3.63, 3.8) is 0 Å². The maximum Gasteiger partial charge on any atom is 0.404 e. The molecule has 0 bridgehead atoms. The van der Waals surface area contributed by atoms with Gasteiger partial charge in [-0.25, -0.2) is 9.59 Å². The number of rotatable bonds is 6. The van der Waals surface area contributed by atoms with Gasteiger partial charge in [0.05, 0.1) is 23.4 Å². The highest BCUT2D eigenvalue weighted by molar-refractivity contribution is 6.26. The van der Waals surface area contributed by atoms with E-state index in [0.29, 0.717) is 6.42 Å². The first-order valence-electron chi connectivity index (χ1n) is 9.49. The quantitative estimate of drug-likeness (QED) is 0.422. The molecule has 12 nitrogen and oxygen atoms in total. The molecule has 1 fully saturated rings. The molecular formula is C19H21N5O7. The van der Waals surface area contributed by atoms with Gasteiger partial charge in [-0.05, 0) is 25.0 Å². The van der Waals surface area contributed by atoms with Gasteiger partial charge < -0.3 is 20.7 Å². The minimum atomic E-state index is -1.10. The summed E-state index contributed by atoms with van der Waals surface area (Å²) in [5.41, 5.74) is 5.03. The molecule has 1 aromatic rings. The van der Waals surface area contributed by atoms with Gasteiger partial charge in [-0.1, -0.05) is 6.07 Å². The Morgan fingerprint density at radius 1 is 1.26 bits per heavy atom. The van der Waals surface area contributed by atoms with E-state index in [0.717, 1.165) is 4.90 Å². The molecule has 31 heavy (non-hydrogen) atoms. The molecule has 12 heteroatoms. The molecular weight excluding hydrogens is 410 g/mol. The Labute approximate surface area is 176 Å². The number of piperidine rings is 1. The van der Waals surface area contributed by atoms with E-state index in [1.165, 1.54) is 30.1 Å². The van der Waals surface area contributed by atoms with Crippen LogP contribution in [0.5, 0.6) is 0 Å². The Morgan fingerprint density at radius 3 is 2.68 bits per heavy atom. The van der Waals surface area contributed by atoms with Crippen molar-refractivity contribution in [2.45, 2.75) is 25.3 Å². The van der Waals surface area contributed by atoms with Crippen LogP contribution in [-0.4, -0.2) is 71.8 Å². The van der Waals surface area contributed by atoms with E-state index in [1.54, 1.807) is 0 Å². The summed E-state index contributed by atoms with van der Waals surface area (Å²) < 4.78 is 4.60.